The fraction of sp³-hybridized carbons (Fsp3) is 0.273. The fourth-order valence-electron chi connectivity index (χ4n) is 2.39. The van der Waals surface area contributed by atoms with Gasteiger partial charge in [-0.3, -0.25) is 4.79 Å². The van der Waals surface area contributed by atoms with Crippen molar-refractivity contribution in [2.45, 2.75) is 26.4 Å². The van der Waals surface area contributed by atoms with Gasteiger partial charge in [0, 0.05) is 12.6 Å². The molecule has 0 heterocycles. The zero-order valence-corrected chi connectivity index (χ0v) is 15.7. The number of ether oxygens (including phenoxy) is 2. The van der Waals surface area contributed by atoms with Crippen LogP contribution < -0.4 is 10.1 Å². The number of hydrogen-bond donors (Lipinski definition) is 1. The van der Waals surface area contributed by atoms with Gasteiger partial charge in [0.2, 0.25) is 0 Å². The molecule has 0 fully saturated rings. The molecule has 2 aromatic rings. The summed E-state index contributed by atoms with van der Waals surface area (Å²) in [5.41, 5.74) is 1.98. The van der Waals surface area contributed by atoms with E-state index in [2.05, 4.69) is 5.32 Å². The first kappa shape index (κ1) is 20.2. The van der Waals surface area contributed by atoms with E-state index in [4.69, 9.17) is 9.47 Å². The lowest BCUT2D eigenvalue weighted by atomic mass is 10.1. The molecule has 0 aromatic heterocycles. The van der Waals surface area contributed by atoms with Crippen molar-refractivity contribution in [3.63, 3.8) is 0 Å². The zero-order valence-electron chi connectivity index (χ0n) is 15.7. The average molecular weight is 367 g/mol. The van der Waals surface area contributed by atoms with Crippen molar-refractivity contribution in [3.8, 4) is 5.75 Å². The molecule has 0 aliphatic rings. The maximum Gasteiger partial charge on any atom is 0.331 e. The Balaban J connectivity index is 1.74. The van der Waals surface area contributed by atoms with Gasteiger partial charge in [0.15, 0.2) is 6.10 Å². The number of amides is 1. The van der Waals surface area contributed by atoms with Crippen LogP contribution >= 0.6 is 0 Å². The quantitative estimate of drug-likeness (QED) is 0.545. The van der Waals surface area contributed by atoms with Crippen molar-refractivity contribution >= 4 is 18.0 Å². The van der Waals surface area contributed by atoms with E-state index in [0.29, 0.717) is 13.2 Å². The second-order valence-corrected chi connectivity index (χ2v) is 5.94. The molecule has 5 nitrogen and oxygen atoms in total. The maximum absolute atomic E-state index is 12.0. The topological polar surface area (TPSA) is 64.6 Å². The van der Waals surface area contributed by atoms with E-state index in [-0.39, 0.29) is 5.91 Å². The van der Waals surface area contributed by atoms with E-state index in [0.717, 1.165) is 23.3 Å². The van der Waals surface area contributed by atoms with Crippen LogP contribution in [0.2, 0.25) is 0 Å². The number of nitrogens with one attached hydrogen (secondary N) is 1. The lowest BCUT2D eigenvalue weighted by molar-refractivity contribution is -0.150. The summed E-state index contributed by atoms with van der Waals surface area (Å²) in [5, 5.41) is 2.77. The van der Waals surface area contributed by atoms with Gasteiger partial charge in [0.25, 0.3) is 5.91 Å². The highest BCUT2D eigenvalue weighted by atomic mass is 16.5. The third kappa shape index (κ3) is 7.36. The van der Waals surface area contributed by atoms with Crippen molar-refractivity contribution < 1.29 is 19.1 Å². The molecule has 0 saturated heterocycles. The first-order chi connectivity index (χ1) is 13.1. The van der Waals surface area contributed by atoms with Gasteiger partial charge < -0.3 is 14.8 Å². The minimum absolute atomic E-state index is 0.311. The Labute approximate surface area is 160 Å². The summed E-state index contributed by atoms with van der Waals surface area (Å²) in [5.74, 6) is -0.0960. The van der Waals surface area contributed by atoms with Crippen LogP contribution in [0.3, 0.4) is 0 Å². The van der Waals surface area contributed by atoms with Crippen molar-refractivity contribution in [1.82, 2.24) is 5.32 Å². The molecule has 1 atom stereocenters. The first-order valence-electron chi connectivity index (χ1n) is 9.01. The molecule has 2 rings (SSSR count). The first-order valence-corrected chi connectivity index (χ1v) is 9.01. The number of esters is 1. The minimum Gasteiger partial charge on any atom is -0.494 e. The van der Waals surface area contributed by atoms with Gasteiger partial charge in [-0.05, 0) is 49.6 Å². The highest BCUT2D eigenvalue weighted by Crippen LogP contribution is 2.13. The summed E-state index contributed by atoms with van der Waals surface area (Å²) in [7, 11) is 0. The van der Waals surface area contributed by atoms with Gasteiger partial charge in [0.05, 0.1) is 6.61 Å². The third-order valence-corrected chi connectivity index (χ3v) is 3.82. The van der Waals surface area contributed by atoms with E-state index in [9.17, 15) is 9.59 Å². The van der Waals surface area contributed by atoms with E-state index in [1.165, 1.54) is 6.08 Å². The second kappa shape index (κ2) is 10.8. The smallest absolute Gasteiger partial charge is 0.331 e. The lowest BCUT2D eigenvalue weighted by Gasteiger charge is -2.12. The molecule has 0 saturated carbocycles. The van der Waals surface area contributed by atoms with Crippen molar-refractivity contribution in [3.05, 3.63) is 71.8 Å². The molecule has 1 N–H and O–H groups in total. The summed E-state index contributed by atoms with van der Waals surface area (Å²) in [6.45, 7) is 4.57. The number of rotatable bonds is 9. The van der Waals surface area contributed by atoms with E-state index in [1.54, 1.807) is 13.0 Å². The van der Waals surface area contributed by atoms with Crippen LogP contribution in [0.4, 0.5) is 0 Å². The van der Waals surface area contributed by atoms with Crippen molar-refractivity contribution in [2.24, 2.45) is 0 Å². The van der Waals surface area contributed by atoms with Crippen LogP contribution in [0.25, 0.3) is 6.08 Å². The average Bonchev–Trinajstić information content (AvgIpc) is 2.68. The number of hydrogen-bond acceptors (Lipinski definition) is 4. The zero-order chi connectivity index (χ0) is 19.5. The number of carbonyl (C=O) groups is 2. The van der Waals surface area contributed by atoms with Crippen LogP contribution in [0.15, 0.2) is 60.7 Å². The standard InChI is InChI=1S/C22H25NO4/c1-3-26-20-12-9-19(10-13-20)11-14-21(24)27-17(2)22(25)23-16-15-18-7-5-4-6-8-18/h4-14,17H,3,15-16H2,1-2H3,(H,23,25)/b14-11+/t17-/m1/s1. The molecule has 5 heteroatoms. The lowest BCUT2D eigenvalue weighted by Crippen LogP contribution is -2.36. The van der Waals surface area contributed by atoms with E-state index < -0.39 is 12.1 Å². The van der Waals surface area contributed by atoms with Crippen LogP contribution in [0.1, 0.15) is 25.0 Å². The molecule has 0 spiro atoms. The Morgan fingerprint density at radius 2 is 1.78 bits per heavy atom. The SMILES string of the molecule is CCOc1ccc(/C=C/C(=O)O[C@H](C)C(=O)NCCc2ccccc2)cc1. The van der Waals surface area contributed by atoms with Crippen LogP contribution in [-0.2, 0) is 20.7 Å². The summed E-state index contributed by atoms with van der Waals surface area (Å²) < 4.78 is 10.5. The van der Waals surface area contributed by atoms with Crippen LogP contribution in [-0.4, -0.2) is 31.1 Å². The Hall–Kier alpha value is -3.08. The monoisotopic (exact) mass is 367 g/mol. The van der Waals surface area contributed by atoms with Gasteiger partial charge in [-0.2, -0.15) is 0 Å². The number of carbonyl (C=O) groups excluding carboxylic acids is 2. The molecular weight excluding hydrogens is 342 g/mol. The van der Waals surface area contributed by atoms with Crippen LogP contribution in [0.5, 0.6) is 5.75 Å². The molecule has 0 aliphatic heterocycles. The molecular formula is C22H25NO4. The van der Waals surface area contributed by atoms with Gasteiger partial charge >= 0.3 is 5.97 Å². The fourth-order valence-corrected chi connectivity index (χ4v) is 2.39. The molecule has 0 aliphatic carbocycles. The van der Waals surface area contributed by atoms with Gasteiger partial charge in [0.1, 0.15) is 5.75 Å². The van der Waals surface area contributed by atoms with Gasteiger partial charge in [-0.1, -0.05) is 42.5 Å². The predicted octanol–water partition coefficient (Wildman–Crippen LogP) is 3.39. The van der Waals surface area contributed by atoms with Crippen LogP contribution in [0, 0.1) is 0 Å². The molecule has 1 amide bonds. The normalized spacial score (nSPS) is 11.8. The maximum atomic E-state index is 12.0. The molecule has 0 radical (unpaired) electrons. The predicted molar refractivity (Wildman–Crippen MR) is 105 cm³/mol. The Kier molecular flexibility index (Phi) is 8.10. The number of benzene rings is 2. The summed E-state index contributed by atoms with van der Waals surface area (Å²) in [6, 6.07) is 17.2. The van der Waals surface area contributed by atoms with Gasteiger partial charge in [-0.15, -0.1) is 0 Å². The molecule has 0 unspecified atom stereocenters. The van der Waals surface area contributed by atoms with Crippen molar-refractivity contribution in [1.29, 1.82) is 0 Å². The van der Waals surface area contributed by atoms with E-state index in [1.807, 2.05) is 61.5 Å². The molecule has 27 heavy (non-hydrogen) atoms. The minimum atomic E-state index is -0.849. The molecule has 0 bridgehead atoms. The molecule has 142 valence electrons. The largest absolute Gasteiger partial charge is 0.494 e. The summed E-state index contributed by atoms with van der Waals surface area (Å²) in [6.07, 6.45) is 2.82. The summed E-state index contributed by atoms with van der Waals surface area (Å²) in [4.78, 5) is 23.9. The van der Waals surface area contributed by atoms with E-state index >= 15 is 0 Å². The summed E-state index contributed by atoms with van der Waals surface area (Å²) >= 11 is 0. The van der Waals surface area contributed by atoms with Crippen molar-refractivity contribution in [2.75, 3.05) is 13.2 Å². The van der Waals surface area contributed by atoms with Gasteiger partial charge in [-0.25, -0.2) is 4.79 Å². The Morgan fingerprint density at radius 1 is 1.07 bits per heavy atom. The second-order valence-electron chi connectivity index (χ2n) is 5.94. The Morgan fingerprint density at radius 3 is 2.44 bits per heavy atom. The highest BCUT2D eigenvalue weighted by molar-refractivity contribution is 5.90. The Bertz CT molecular complexity index is 754. The third-order valence-electron chi connectivity index (χ3n) is 3.82. The highest BCUT2D eigenvalue weighted by Gasteiger charge is 2.15. The molecule has 2 aromatic carbocycles.